The Morgan fingerprint density at radius 1 is 1.24 bits per heavy atom. The lowest BCUT2D eigenvalue weighted by molar-refractivity contribution is 0.549. The van der Waals surface area contributed by atoms with Crippen LogP contribution in [0.1, 0.15) is 70.2 Å². The summed E-state index contributed by atoms with van der Waals surface area (Å²) in [5.41, 5.74) is 1.18. The summed E-state index contributed by atoms with van der Waals surface area (Å²) in [4.78, 5) is 12.1. The first-order valence-corrected chi connectivity index (χ1v) is 8.41. The van der Waals surface area contributed by atoms with Gasteiger partial charge in [0.1, 0.15) is 17.5 Å². The fourth-order valence-electron chi connectivity index (χ4n) is 3.18. The Morgan fingerprint density at radius 2 is 2.00 bits per heavy atom. The number of nitrogens with one attached hydrogen (secondary N) is 1. The maximum Gasteiger partial charge on any atom is 0.137 e. The SMILES string of the molecule is CCC1CCCCCN1c1nc(C(C)C)nc(NC)c1C. The predicted octanol–water partition coefficient (Wildman–Crippen LogP) is 4.11. The van der Waals surface area contributed by atoms with Crippen molar-refractivity contribution >= 4 is 11.6 Å². The lowest BCUT2D eigenvalue weighted by Gasteiger charge is -2.32. The third kappa shape index (κ3) is 3.47. The van der Waals surface area contributed by atoms with E-state index in [2.05, 4.69) is 42.9 Å². The fourth-order valence-corrected chi connectivity index (χ4v) is 3.18. The molecule has 0 aromatic carbocycles. The first-order chi connectivity index (χ1) is 10.1. The van der Waals surface area contributed by atoms with Crippen molar-refractivity contribution < 1.29 is 0 Å². The van der Waals surface area contributed by atoms with E-state index in [0.29, 0.717) is 12.0 Å². The molecule has 0 aliphatic carbocycles. The van der Waals surface area contributed by atoms with E-state index in [-0.39, 0.29) is 0 Å². The van der Waals surface area contributed by atoms with Gasteiger partial charge in [-0.15, -0.1) is 0 Å². The molecule has 1 saturated heterocycles. The molecule has 2 rings (SSSR count). The van der Waals surface area contributed by atoms with Crippen LogP contribution < -0.4 is 10.2 Å². The number of hydrogen-bond acceptors (Lipinski definition) is 4. The zero-order valence-corrected chi connectivity index (χ0v) is 14.2. The Hall–Kier alpha value is -1.32. The van der Waals surface area contributed by atoms with Crippen LogP contribution in [0.25, 0.3) is 0 Å². The van der Waals surface area contributed by atoms with Gasteiger partial charge < -0.3 is 10.2 Å². The summed E-state index contributed by atoms with van der Waals surface area (Å²) in [6.45, 7) is 9.88. The predicted molar refractivity (Wildman–Crippen MR) is 90.3 cm³/mol. The molecule has 0 spiro atoms. The van der Waals surface area contributed by atoms with Crippen LogP contribution in [0.15, 0.2) is 0 Å². The summed E-state index contributed by atoms with van der Waals surface area (Å²) >= 11 is 0. The molecule has 1 N–H and O–H groups in total. The quantitative estimate of drug-likeness (QED) is 0.906. The van der Waals surface area contributed by atoms with Gasteiger partial charge in [-0.3, -0.25) is 0 Å². The van der Waals surface area contributed by atoms with Crippen molar-refractivity contribution in [2.45, 2.75) is 71.8 Å². The standard InChI is InChI=1S/C17H30N4/c1-6-14-10-8-7-9-11-21(14)17-13(4)16(18-5)19-15(20-17)12(2)3/h12,14H,6-11H2,1-5H3,(H,18,19,20). The molecule has 0 bridgehead atoms. The molecule has 2 heterocycles. The van der Waals surface area contributed by atoms with E-state index < -0.39 is 0 Å². The molecule has 1 aromatic rings. The molecule has 21 heavy (non-hydrogen) atoms. The van der Waals surface area contributed by atoms with Crippen LogP contribution in [0.4, 0.5) is 11.6 Å². The Kier molecular flexibility index (Phi) is 5.43. The molecule has 1 aliphatic heterocycles. The summed E-state index contributed by atoms with van der Waals surface area (Å²) in [5, 5.41) is 3.24. The van der Waals surface area contributed by atoms with Gasteiger partial charge in [0.25, 0.3) is 0 Å². The van der Waals surface area contributed by atoms with Gasteiger partial charge in [-0.05, 0) is 26.2 Å². The molecule has 1 aliphatic rings. The Bertz CT molecular complexity index is 470. The second kappa shape index (κ2) is 7.10. The average molecular weight is 290 g/mol. The topological polar surface area (TPSA) is 41.1 Å². The van der Waals surface area contributed by atoms with Gasteiger partial charge in [0.15, 0.2) is 0 Å². The van der Waals surface area contributed by atoms with E-state index in [9.17, 15) is 0 Å². The van der Waals surface area contributed by atoms with Crippen molar-refractivity contribution in [1.29, 1.82) is 0 Å². The van der Waals surface area contributed by atoms with E-state index in [1.807, 2.05) is 7.05 Å². The number of hydrogen-bond donors (Lipinski definition) is 1. The molecular formula is C17H30N4. The molecule has 0 amide bonds. The molecule has 1 aromatic heterocycles. The van der Waals surface area contributed by atoms with Crippen LogP contribution >= 0.6 is 0 Å². The van der Waals surface area contributed by atoms with Crippen molar-refractivity contribution in [2.24, 2.45) is 0 Å². The average Bonchev–Trinajstić information content (AvgIpc) is 2.72. The molecule has 1 unspecified atom stereocenters. The number of nitrogens with zero attached hydrogens (tertiary/aromatic N) is 3. The molecule has 0 radical (unpaired) electrons. The van der Waals surface area contributed by atoms with E-state index in [1.165, 1.54) is 37.7 Å². The molecule has 4 nitrogen and oxygen atoms in total. The van der Waals surface area contributed by atoms with E-state index in [4.69, 9.17) is 4.98 Å². The number of anilines is 2. The zero-order chi connectivity index (χ0) is 15.4. The van der Waals surface area contributed by atoms with Gasteiger partial charge in [0.2, 0.25) is 0 Å². The monoisotopic (exact) mass is 290 g/mol. The maximum atomic E-state index is 4.92. The smallest absolute Gasteiger partial charge is 0.137 e. The summed E-state index contributed by atoms with van der Waals surface area (Å²) in [6, 6.07) is 0.616. The largest absolute Gasteiger partial charge is 0.373 e. The molecule has 4 heteroatoms. The first kappa shape index (κ1) is 16.1. The van der Waals surface area contributed by atoms with Crippen LogP contribution in [0.5, 0.6) is 0 Å². The molecule has 118 valence electrons. The highest BCUT2D eigenvalue weighted by Crippen LogP contribution is 2.31. The molecular weight excluding hydrogens is 260 g/mol. The minimum atomic E-state index is 0.350. The second-order valence-electron chi connectivity index (χ2n) is 6.39. The normalized spacial score (nSPS) is 19.7. The third-order valence-corrected chi connectivity index (χ3v) is 4.51. The minimum Gasteiger partial charge on any atom is -0.373 e. The van der Waals surface area contributed by atoms with Crippen LogP contribution in [0.2, 0.25) is 0 Å². The highest BCUT2D eigenvalue weighted by Gasteiger charge is 2.24. The Morgan fingerprint density at radius 3 is 2.62 bits per heavy atom. The van der Waals surface area contributed by atoms with Crippen molar-refractivity contribution in [3.05, 3.63) is 11.4 Å². The van der Waals surface area contributed by atoms with E-state index in [1.54, 1.807) is 0 Å². The molecule has 1 atom stereocenters. The van der Waals surface area contributed by atoms with E-state index in [0.717, 1.165) is 24.0 Å². The van der Waals surface area contributed by atoms with Gasteiger partial charge >= 0.3 is 0 Å². The van der Waals surface area contributed by atoms with Crippen LogP contribution in [-0.2, 0) is 0 Å². The number of aromatic nitrogens is 2. The van der Waals surface area contributed by atoms with Gasteiger partial charge in [0.05, 0.1) is 0 Å². The fraction of sp³-hybridized carbons (Fsp3) is 0.765. The third-order valence-electron chi connectivity index (χ3n) is 4.51. The first-order valence-electron chi connectivity index (χ1n) is 8.41. The van der Waals surface area contributed by atoms with Gasteiger partial charge in [0, 0.05) is 31.1 Å². The van der Waals surface area contributed by atoms with Crippen LogP contribution in [-0.4, -0.2) is 29.6 Å². The summed E-state index contributed by atoms with van der Waals surface area (Å²) in [5.74, 6) is 3.41. The summed E-state index contributed by atoms with van der Waals surface area (Å²) in [6.07, 6.45) is 6.43. The highest BCUT2D eigenvalue weighted by molar-refractivity contribution is 5.59. The summed E-state index contributed by atoms with van der Waals surface area (Å²) in [7, 11) is 1.95. The maximum absolute atomic E-state index is 4.92. The van der Waals surface area contributed by atoms with Gasteiger partial charge in [-0.25, -0.2) is 9.97 Å². The lowest BCUT2D eigenvalue weighted by Crippen LogP contribution is -2.36. The van der Waals surface area contributed by atoms with Crippen LogP contribution in [0, 0.1) is 6.92 Å². The molecule has 0 saturated carbocycles. The Balaban J connectivity index is 2.46. The van der Waals surface area contributed by atoms with Gasteiger partial charge in [-0.2, -0.15) is 0 Å². The van der Waals surface area contributed by atoms with Gasteiger partial charge in [-0.1, -0.05) is 33.6 Å². The van der Waals surface area contributed by atoms with Crippen molar-refractivity contribution in [2.75, 3.05) is 23.8 Å². The number of rotatable bonds is 4. The van der Waals surface area contributed by atoms with Crippen LogP contribution in [0.3, 0.4) is 0 Å². The minimum absolute atomic E-state index is 0.350. The Labute approximate surface area is 129 Å². The molecule has 1 fully saturated rings. The van der Waals surface area contributed by atoms with Crippen molar-refractivity contribution in [3.63, 3.8) is 0 Å². The highest BCUT2D eigenvalue weighted by atomic mass is 15.2. The van der Waals surface area contributed by atoms with E-state index >= 15 is 0 Å². The lowest BCUT2D eigenvalue weighted by atomic mass is 10.1. The zero-order valence-electron chi connectivity index (χ0n) is 14.2. The second-order valence-corrected chi connectivity index (χ2v) is 6.39. The summed E-state index contributed by atoms with van der Waals surface area (Å²) < 4.78 is 0. The van der Waals surface area contributed by atoms with Crippen molar-refractivity contribution in [3.8, 4) is 0 Å². The van der Waals surface area contributed by atoms with Crippen molar-refractivity contribution in [1.82, 2.24) is 9.97 Å².